The number of aromatic amines is 1. The fourth-order valence-electron chi connectivity index (χ4n) is 2.55. The molecule has 0 saturated carbocycles. The van der Waals surface area contributed by atoms with Crippen LogP contribution in [0.1, 0.15) is 29.1 Å². The molecule has 108 valence electrons. The van der Waals surface area contributed by atoms with Crippen molar-refractivity contribution in [3.8, 4) is 0 Å². The molecule has 0 fully saturated rings. The maximum Gasteiger partial charge on any atom is 0.255 e. The summed E-state index contributed by atoms with van der Waals surface area (Å²) in [6.45, 7) is 1.84. The van der Waals surface area contributed by atoms with E-state index in [9.17, 15) is 4.79 Å². The molecule has 0 aliphatic carbocycles. The average Bonchev–Trinajstić information content (AvgIpc) is 2.49. The summed E-state index contributed by atoms with van der Waals surface area (Å²) < 4.78 is 0. The van der Waals surface area contributed by atoms with E-state index in [-0.39, 0.29) is 5.56 Å². The molecule has 2 heterocycles. The molecule has 3 rings (SSSR count). The van der Waals surface area contributed by atoms with Gasteiger partial charge in [0.05, 0.1) is 11.3 Å². The minimum atomic E-state index is 0.0126. The number of rotatable bonds is 3. The Bertz CT molecular complexity index is 719. The first kappa shape index (κ1) is 14.1. The second-order valence-corrected chi connectivity index (χ2v) is 6.21. The van der Waals surface area contributed by atoms with Crippen molar-refractivity contribution in [1.82, 2.24) is 9.97 Å². The third kappa shape index (κ3) is 3.27. The topological polar surface area (TPSA) is 45.8 Å². The molecule has 1 N–H and O–H groups in total. The van der Waals surface area contributed by atoms with Crippen molar-refractivity contribution in [2.24, 2.45) is 0 Å². The van der Waals surface area contributed by atoms with Crippen molar-refractivity contribution < 1.29 is 0 Å². The Labute approximate surface area is 128 Å². The van der Waals surface area contributed by atoms with E-state index in [1.54, 1.807) is 11.8 Å². The largest absolute Gasteiger partial charge is 0.310 e. The van der Waals surface area contributed by atoms with Gasteiger partial charge < -0.3 is 4.98 Å². The van der Waals surface area contributed by atoms with Crippen LogP contribution in [0, 0.1) is 6.92 Å². The molecule has 1 aliphatic heterocycles. The van der Waals surface area contributed by atoms with Gasteiger partial charge in [-0.15, -0.1) is 0 Å². The third-order valence-corrected chi connectivity index (χ3v) is 4.62. The predicted molar refractivity (Wildman–Crippen MR) is 88.5 cm³/mol. The lowest BCUT2D eigenvalue weighted by molar-refractivity contribution is 0.959. The van der Waals surface area contributed by atoms with E-state index in [4.69, 9.17) is 0 Å². The quantitative estimate of drug-likeness (QED) is 0.945. The summed E-state index contributed by atoms with van der Waals surface area (Å²) in [5, 5.41) is 0. The van der Waals surface area contributed by atoms with Crippen LogP contribution in [0.4, 0.5) is 0 Å². The molecule has 0 bridgehead atoms. The van der Waals surface area contributed by atoms with Gasteiger partial charge >= 0.3 is 0 Å². The minimum absolute atomic E-state index is 0.0126. The van der Waals surface area contributed by atoms with Gasteiger partial charge in [-0.3, -0.25) is 4.79 Å². The maximum atomic E-state index is 12.0. The summed E-state index contributed by atoms with van der Waals surface area (Å²) in [5.41, 5.74) is 4.28. The van der Waals surface area contributed by atoms with Crippen molar-refractivity contribution in [2.45, 2.75) is 25.5 Å². The first-order chi connectivity index (χ1) is 10.2. The van der Waals surface area contributed by atoms with Crippen LogP contribution in [0.15, 0.2) is 41.2 Å². The molecule has 21 heavy (non-hydrogen) atoms. The van der Waals surface area contributed by atoms with E-state index in [0.717, 1.165) is 35.6 Å². The Morgan fingerprint density at radius 2 is 2.10 bits per heavy atom. The van der Waals surface area contributed by atoms with E-state index in [0.29, 0.717) is 5.82 Å². The van der Waals surface area contributed by atoms with Crippen LogP contribution >= 0.6 is 11.8 Å². The smallest absolute Gasteiger partial charge is 0.255 e. The van der Waals surface area contributed by atoms with Gasteiger partial charge in [-0.25, -0.2) is 4.98 Å². The summed E-state index contributed by atoms with van der Waals surface area (Å²) in [6, 6.07) is 10.5. The van der Waals surface area contributed by atoms with Crippen LogP contribution in [0.5, 0.6) is 0 Å². The molecule has 0 radical (unpaired) electrons. The Morgan fingerprint density at radius 3 is 2.90 bits per heavy atom. The zero-order chi connectivity index (χ0) is 14.7. The van der Waals surface area contributed by atoms with Gasteiger partial charge in [0.25, 0.3) is 5.56 Å². The van der Waals surface area contributed by atoms with Gasteiger partial charge in [-0.05, 0) is 30.9 Å². The molecule has 1 aromatic heterocycles. The summed E-state index contributed by atoms with van der Waals surface area (Å²) in [7, 11) is 0. The standard InChI is InChI=1S/C17H18N2OS/c1-12-18-16-14(10-21-11-15(16)17(20)19-12)9-5-8-13-6-3-2-4-7-13/h2-4,6-7,9H,5,8,10-11H2,1H3,(H,18,19,20). The van der Waals surface area contributed by atoms with Crippen molar-refractivity contribution in [2.75, 3.05) is 5.75 Å². The van der Waals surface area contributed by atoms with Crippen molar-refractivity contribution >= 4 is 17.3 Å². The number of fused-ring (bicyclic) bond motifs is 1. The van der Waals surface area contributed by atoms with E-state index in [1.165, 1.54) is 11.1 Å². The number of nitrogens with one attached hydrogen (secondary N) is 1. The molecule has 3 nitrogen and oxygen atoms in total. The van der Waals surface area contributed by atoms with Gasteiger partial charge in [0, 0.05) is 11.5 Å². The van der Waals surface area contributed by atoms with E-state index < -0.39 is 0 Å². The second-order valence-electron chi connectivity index (χ2n) is 5.22. The number of aromatic nitrogens is 2. The average molecular weight is 298 g/mol. The summed E-state index contributed by atoms with van der Waals surface area (Å²) in [4.78, 5) is 19.3. The van der Waals surface area contributed by atoms with Crippen LogP contribution < -0.4 is 5.56 Å². The molecular formula is C17H18N2OS. The van der Waals surface area contributed by atoms with Gasteiger partial charge in [0.1, 0.15) is 5.82 Å². The minimum Gasteiger partial charge on any atom is -0.310 e. The summed E-state index contributed by atoms with van der Waals surface area (Å²) >= 11 is 1.78. The van der Waals surface area contributed by atoms with E-state index in [2.05, 4.69) is 40.3 Å². The highest BCUT2D eigenvalue weighted by atomic mass is 32.2. The third-order valence-electron chi connectivity index (χ3n) is 3.61. The lowest BCUT2D eigenvalue weighted by atomic mass is 10.0. The molecular weight excluding hydrogens is 280 g/mol. The number of H-pyrrole nitrogens is 1. The predicted octanol–water partition coefficient (Wildman–Crippen LogP) is 3.34. The number of benzene rings is 1. The van der Waals surface area contributed by atoms with Crippen molar-refractivity contribution in [3.63, 3.8) is 0 Å². The van der Waals surface area contributed by atoms with Gasteiger partial charge in [0.15, 0.2) is 0 Å². The Balaban J connectivity index is 1.81. The molecule has 1 aromatic carbocycles. The summed E-state index contributed by atoms with van der Waals surface area (Å²) in [6.07, 6.45) is 4.24. The molecule has 0 spiro atoms. The second kappa shape index (κ2) is 6.31. The summed E-state index contributed by atoms with van der Waals surface area (Å²) in [5.74, 6) is 2.39. The number of hydrogen-bond acceptors (Lipinski definition) is 3. The molecule has 4 heteroatoms. The Morgan fingerprint density at radius 1 is 1.29 bits per heavy atom. The monoisotopic (exact) mass is 298 g/mol. The Hall–Kier alpha value is -1.81. The molecule has 2 aromatic rings. The van der Waals surface area contributed by atoms with Crippen LogP contribution in [0.3, 0.4) is 0 Å². The number of aryl methyl sites for hydroxylation is 2. The first-order valence-electron chi connectivity index (χ1n) is 7.15. The molecule has 0 amide bonds. The highest BCUT2D eigenvalue weighted by molar-refractivity contribution is 7.99. The number of allylic oxidation sites excluding steroid dienone is 1. The fourth-order valence-corrected chi connectivity index (χ4v) is 3.60. The number of nitrogens with zero attached hydrogens (tertiary/aromatic N) is 1. The first-order valence-corrected chi connectivity index (χ1v) is 8.30. The molecule has 0 saturated heterocycles. The van der Waals surface area contributed by atoms with Gasteiger partial charge in [0.2, 0.25) is 0 Å². The van der Waals surface area contributed by atoms with Crippen LogP contribution in [0.25, 0.3) is 5.57 Å². The lowest BCUT2D eigenvalue weighted by Crippen LogP contribution is -2.21. The van der Waals surface area contributed by atoms with Gasteiger partial charge in [-0.1, -0.05) is 36.4 Å². The zero-order valence-corrected chi connectivity index (χ0v) is 12.9. The number of thioether (sulfide) groups is 1. The van der Waals surface area contributed by atoms with E-state index >= 15 is 0 Å². The van der Waals surface area contributed by atoms with E-state index in [1.807, 2.05) is 13.0 Å². The SMILES string of the molecule is Cc1nc2c(c(=O)[nH]1)CSCC2=CCCc1ccccc1. The Kier molecular flexibility index (Phi) is 4.25. The van der Waals surface area contributed by atoms with Crippen LogP contribution in [-0.4, -0.2) is 15.7 Å². The zero-order valence-electron chi connectivity index (χ0n) is 12.1. The normalized spacial score (nSPS) is 16.0. The van der Waals surface area contributed by atoms with Crippen molar-refractivity contribution in [1.29, 1.82) is 0 Å². The van der Waals surface area contributed by atoms with Gasteiger partial charge in [-0.2, -0.15) is 11.8 Å². The lowest BCUT2D eigenvalue weighted by Gasteiger charge is -2.17. The highest BCUT2D eigenvalue weighted by Gasteiger charge is 2.19. The molecule has 0 atom stereocenters. The number of hydrogen-bond donors (Lipinski definition) is 1. The molecule has 1 aliphatic rings. The van der Waals surface area contributed by atoms with Crippen LogP contribution in [-0.2, 0) is 12.2 Å². The molecule has 0 unspecified atom stereocenters. The fraction of sp³-hybridized carbons (Fsp3) is 0.294. The van der Waals surface area contributed by atoms with Crippen molar-refractivity contribution in [3.05, 3.63) is 69.4 Å². The highest BCUT2D eigenvalue weighted by Crippen LogP contribution is 2.29. The van der Waals surface area contributed by atoms with Crippen LogP contribution in [0.2, 0.25) is 0 Å². The maximum absolute atomic E-state index is 12.0.